The number of terminal acetylenes is 1. The molecule has 1 aliphatic heterocycles. The average Bonchev–Trinajstić information content (AvgIpc) is 2.63. The summed E-state index contributed by atoms with van der Waals surface area (Å²) >= 11 is 9.93. The van der Waals surface area contributed by atoms with Crippen molar-refractivity contribution in [1.29, 1.82) is 0 Å². The molecule has 0 spiro atoms. The SMILES string of the molecule is C#CC1(O)C(n2ccc(=S)[nH]c2=S)OC(CO)[C@@H]1F. The smallest absolute Gasteiger partial charge is 0.204 e. The van der Waals surface area contributed by atoms with Crippen LogP contribution in [0.25, 0.3) is 0 Å². The van der Waals surface area contributed by atoms with Crippen LogP contribution in [-0.4, -0.2) is 44.2 Å². The number of halogens is 1. The van der Waals surface area contributed by atoms with E-state index in [1.54, 1.807) is 0 Å². The molecular weight excluding hydrogens is 291 g/mol. The summed E-state index contributed by atoms with van der Waals surface area (Å²) in [6.07, 6.45) is 2.29. The molecule has 1 aromatic heterocycles. The molecule has 0 radical (unpaired) electrons. The normalized spacial score (nSPS) is 34.1. The van der Waals surface area contributed by atoms with Crippen LogP contribution in [-0.2, 0) is 4.74 Å². The molecule has 0 saturated carbocycles. The van der Waals surface area contributed by atoms with Crippen molar-refractivity contribution in [3.63, 3.8) is 0 Å². The van der Waals surface area contributed by atoms with Gasteiger partial charge in [-0.1, -0.05) is 18.1 Å². The molecule has 1 aromatic rings. The molecule has 0 amide bonds. The van der Waals surface area contributed by atoms with Gasteiger partial charge >= 0.3 is 0 Å². The Labute approximate surface area is 118 Å². The number of H-pyrrole nitrogens is 1. The second-order valence-corrected chi connectivity index (χ2v) is 4.92. The Hall–Kier alpha value is -1.11. The summed E-state index contributed by atoms with van der Waals surface area (Å²) in [7, 11) is 0. The molecule has 3 unspecified atom stereocenters. The molecule has 19 heavy (non-hydrogen) atoms. The van der Waals surface area contributed by atoms with Crippen molar-refractivity contribution < 1.29 is 19.3 Å². The third kappa shape index (κ3) is 2.24. The quantitative estimate of drug-likeness (QED) is 0.558. The summed E-state index contributed by atoms with van der Waals surface area (Å²) in [6, 6.07) is 1.50. The van der Waals surface area contributed by atoms with Gasteiger partial charge < -0.3 is 19.9 Å². The predicted molar refractivity (Wildman–Crippen MR) is 70.1 cm³/mol. The highest BCUT2D eigenvalue weighted by Crippen LogP contribution is 2.39. The lowest BCUT2D eigenvalue weighted by Gasteiger charge is -2.26. The molecule has 1 fully saturated rings. The van der Waals surface area contributed by atoms with E-state index in [1.807, 2.05) is 5.92 Å². The molecule has 2 rings (SSSR count). The average molecular weight is 302 g/mol. The van der Waals surface area contributed by atoms with Gasteiger partial charge in [0.2, 0.25) is 5.60 Å². The van der Waals surface area contributed by atoms with E-state index >= 15 is 0 Å². The molecule has 0 bridgehead atoms. The summed E-state index contributed by atoms with van der Waals surface area (Å²) in [5.41, 5.74) is -2.21. The number of nitrogens with one attached hydrogen (secondary N) is 1. The number of nitrogens with zero attached hydrogens (tertiary/aromatic N) is 1. The second kappa shape index (κ2) is 5.11. The fourth-order valence-electron chi connectivity index (χ4n) is 1.93. The first-order valence-corrected chi connectivity index (χ1v) is 6.17. The maximum atomic E-state index is 14.0. The van der Waals surface area contributed by atoms with Crippen molar-refractivity contribution in [2.24, 2.45) is 0 Å². The van der Waals surface area contributed by atoms with Crippen molar-refractivity contribution in [1.82, 2.24) is 9.55 Å². The highest BCUT2D eigenvalue weighted by molar-refractivity contribution is 7.72. The third-order valence-electron chi connectivity index (χ3n) is 2.94. The van der Waals surface area contributed by atoms with Crippen molar-refractivity contribution in [2.45, 2.75) is 24.1 Å². The molecule has 102 valence electrons. The highest BCUT2D eigenvalue weighted by Gasteiger charge is 2.56. The van der Waals surface area contributed by atoms with Gasteiger partial charge in [0.1, 0.15) is 10.7 Å². The number of hydrogen-bond donors (Lipinski definition) is 3. The van der Waals surface area contributed by atoms with Crippen molar-refractivity contribution in [3.05, 3.63) is 21.7 Å². The Bertz CT molecular complexity index is 638. The van der Waals surface area contributed by atoms with E-state index in [-0.39, 0.29) is 4.77 Å². The van der Waals surface area contributed by atoms with E-state index in [0.29, 0.717) is 4.64 Å². The molecule has 8 heteroatoms. The van der Waals surface area contributed by atoms with Crippen LogP contribution in [0.5, 0.6) is 0 Å². The van der Waals surface area contributed by atoms with Crippen molar-refractivity contribution >= 4 is 24.4 Å². The van der Waals surface area contributed by atoms with Gasteiger partial charge in [-0.25, -0.2) is 4.39 Å². The van der Waals surface area contributed by atoms with Crippen LogP contribution in [0.2, 0.25) is 0 Å². The van der Waals surface area contributed by atoms with Gasteiger partial charge in [0, 0.05) is 6.20 Å². The maximum absolute atomic E-state index is 14.0. The van der Waals surface area contributed by atoms with Crippen LogP contribution in [0.4, 0.5) is 4.39 Å². The Morgan fingerprint density at radius 3 is 2.84 bits per heavy atom. The number of hydrogen-bond acceptors (Lipinski definition) is 5. The molecule has 4 atom stereocenters. The van der Waals surface area contributed by atoms with Gasteiger partial charge in [0.05, 0.1) is 6.61 Å². The zero-order valence-electron chi connectivity index (χ0n) is 9.62. The van der Waals surface area contributed by atoms with Gasteiger partial charge in [-0.05, 0) is 18.3 Å². The number of aliphatic hydroxyl groups excluding tert-OH is 1. The first kappa shape index (κ1) is 14.3. The number of ether oxygens (including phenoxy) is 1. The van der Waals surface area contributed by atoms with E-state index < -0.39 is 30.7 Å². The lowest BCUT2D eigenvalue weighted by Crippen LogP contribution is -2.43. The molecule has 1 saturated heterocycles. The van der Waals surface area contributed by atoms with E-state index in [1.165, 1.54) is 16.8 Å². The number of aromatic amines is 1. The fourth-order valence-corrected chi connectivity index (χ4v) is 2.42. The largest absolute Gasteiger partial charge is 0.394 e. The topological polar surface area (TPSA) is 70.4 Å². The molecule has 2 heterocycles. The molecule has 0 aliphatic carbocycles. The first-order valence-electron chi connectivity index (χ1n) is 5.36. The van der Waals surface area contributed by atoms with Gasteiger partial charge in [-0.3, -0.25) is 4.57 Å². The lowest BCUT2D eigenvalue weighted by molar-refractivity contribution is -0.0739. The molecule has 3 N–H and O–H groups in total. The molecule has 5 nitrogen and oxygen atoms in total. The number of aromatic nitrogens is 2. The van der Waals surface area contributed by atoms with Crippen molar-refractivity contribution in [2.75, 3.05) is 6.61 Å². The summed E-state index contributed by atoms with van der Waals surface area (Å²) in [5.74, 6) is 1.98. The summed E-state index contributed by atoms with van der Waals surface area (Å²) in [5, 5.41) is 19.3. The predicted octanol–water partition coefficient (Wildman–Crippen LogP) is 0.867. The Kier molecular flexibility index (Phi) is 3.85. The van der Waals surface area contributed by atoms with E-state index in [9.17, 15) is 9.50 Å². The van der Waals surface area contributed by atoms with Crippen LogP contribution < -0.4 is 0 Å². The lowest BCUT2D eigenvalue weighted by atomic mass is 9.96. The molecule has 0 aromatic carbocycles. The monoisotopic (exact) mass is 302 g/mol. The molecular formula is C11H11FN2O3S2. The zero-order chi connectivity index (χ0) is 14.2. The Balaban J connectivity index is 2.52. The summed E-state index contributed by atoms with van der Waals surface area (Å²) in [4.78, 5) is 2.67. The minimum absolute atomic E-state index is 0.136. The standard InChI is InChI=1S/C11H11FN2O3S2/c1-2-11(16)8(12)6(5-15)17-9(11)14-4-3-7(18)13-10(14)19/h1,3-4,6,8-9,15-16H,5H2,(H,13,18,19)/t6?,8-,9?,11?/m0/s1. The van der Waals surface area contributed by atoms with Crippen LogP contribution in [0.3, 0.4) is 0 Å². The van der Waals surface area contributed by atoms with Gasteiger partial charge in [-0.2, -0.15) is 0 Å². The van der Waals surface area contributed by atoms with Crippen LogP contribution in [0.1, 0.15) is 6.23 Å². The van der Waals surface area contributed by atoms with Gasteiger partial charge in [0.25, 0.3) is 0 Å². The van der Waals surface area contributed by atoms with Crippen molar-refractivity contribution in [3.8, 4) is 12.3 Å². The first-order chi connectivity index (χ1) is 8.93. The highest BCUT2D eigenvalue weighted by atomic mass is 32.1. The zero-order valence-corrected chi connectivity index (χ0v) is 11.2. The minimum atomic E-state index is -2.21. The number of rotatable bonds is 2. The summed E-state index contributed by atoms with van der Waals surface area (Å²) in [6.45, 7) is -0.599. The Morgan fingerprint density at radius 1 is 1.63 bits per heavy atom. The van der Waals surface area contributed by atoms with Crippen LogP contribution >= 0.6 is 24.4 Å². The van der Waals surface area contributed by atoms with Crippen LogP contribution in [0, 0.1) is 21.8 Å². The fraction of sp³-hybridized carbons (Fsp3) is 0.455. The van der Waals surface area contributed by atoms with E-state index in [4.69, 9.17) is 40.7 Å². The minimum Gasteiger partial charge on any atom is -0.394 e. The maximum Gasteiger partial charge on any atom is 0.204 e. The number of alkyl halides is 1. The summed E-state index contributed by atoms with van der Waals surface area (Å²) < 4.78 is 21.1. The Morgan fingerprint density at radius 2 is 2.32 bits per heavy atom. The van der Waals surface area contributed by atoms with Gasteiger partial charge in [-0.15, -0.1) is 6.42 Å². The van der Waals surface area contributed by atoms with Crippen LogP contribution in [0.15, 0.2) is 12.3 Å². The second-order valence-electron chi connectivity index (χ2n) is 4.10. The van der Waals surface area contributed by atoms with E-state index in [2.05, 4.69) is 4.98 Å². The number of aliphatic hydroxyl groups is 2. The van der Waals surface area contributed by atoms with Gasteiger partial charge in [0.15, 0.2) is 17.2 Å². The third-order valence-corrected chi connectivity index (χ3v) is 3.49. The molecule has 1 aliphatic rings. The van der Waals surface area contributed by atoms with E-state index in [0.717, 1.165) is 0 Å².